The summed E-state index contributed by atoms with van der Waals surface area (Å²) in [5, 5.41) is 4.13. The van der Waals surface area contributed by atoms with Crippen LogP contribution in [0.3, 0.4) is 0 Å². The Labute approximate surface area is 105 Å². The van der Waals surface area contributed by atoms with Gasteiger partial charge in [0, 0.05) is 35.6 Å². The summed E-state index contributed by atoms with van der Waals surface area (Å²) in [6.07, 6.45) is 3.85. The third-order valence-corrected chi connectivity index (χ3v) is 3.33. The zero-order valence-electron chi connectivity index (χ0n) is 9.88. The number of methoxy groups -OCH3 is 1. The van der Waals surface area contributed by atoms with Crippen LogP contribution in [0.5, 0.6) is 5.75 Å². The Morgan fingerprint density at radius 3 is 2.88 bits per heavy atom. The van der Waals surface area contributed by atoms with E-state index in [0.717, 1.165) is 27.6 Å². The number of hydrogen-bond donors (Lipinski definition) is 1. The first-order chi connectivity index (χ1) is 8.17. The number of nitrogens with zero attached hydrogens (tertiary/aromatic N) is 2. The van der Waals surface area contributed by atoms with Gasteiger partial charge in [-0.3, -0.25) is 4.68 Å². The van der Waals surface area contributed by atoms with Crippen molar-refractivity contribution < 1.29 is 4.74 Å². The summed E-state index contributed by atoms with van der Waals surface area (Å²) in [4.78, 5) is 1.15. The van der Waals surface area contributed by atoms with Gasteiger partial charge in [-0.15, -0.1) is 11.8 Å². The topological polar surface area (TPSA) is 53.1 Å². The molecule has 4 nitrogen and oxygen atoms in total. The minimum Gasteiger partial charge on any atom is -0.497 e. The second-order valence-corrected chi connectivity index (χ2v) is 4.80. The molecule has 2 aromatic rings. The Hall–Kier alpha value is -1.62. The van der Waals surface area contributed by atoms with Gasteiger partial charge in [-0.1, -0.05) is 0 Å². The lowest BCUT2D eigenvalue weighted by atomic mass is 10.2. The summed E-state index contributed by atoms with van der Waals surface area (Å²) in [5.74, 6) is 1.65. The number of nitrogen functional groups attached to an aromatic ring is 1. The molecule has 0 amide bonds. The smallest absolute Gasteiger partial charge is 0.121 e. The number of nitrogens with two attached hydrogens (primary N) is 1. The van der Waals surface area contributed by atoms with Gasteiger partial charge in [0.25, 0.3) is 0 Å². The molecule has 0 aliphatic carbocycles. The first kappa shape index (κ1) is 11.9. The minimum atomic E-state index is 0.728. The van der Waals surface area contributed by atoms with Crippen LogP contribution in [0.15, 0.2) is 35.5 Å². The number of rotatable bonds is 4. The zero-order chi connectivity index (χ0) is 12.3. The fourth-order valence-electron chi connectivity index (χ4n) is 1.53. The Morgan fingerprint density at radius 2 is 2.24 bits per heavy atom. The molecule has 0 saturated heterocycles. The standard InChI is InChI=1S/C12H15N3OS/c1-15-7-12(6-14-15)17-8-9-3-10(13)5-11(4-9)16-2/h3-7H,8,13H2,1-2H3. The van der Waals surface area contributed by atoms with Crippen LogP contribution in [0.25, 0.3) is 0 Å². The molecule has 0 aliphatic rings. The van der Waals surface area contributed by atoms with E-state index in [-0.39, 0.29) is 0 Å². The van der Waals surface area contributed by atoms with Gasteiger partial charge < -0.3 is 10.5 Å². The SMILES string of the molecule is COc1cc(N)cc(CSc2cnn(C)c2)c1. The van der Waals surface area contributed by atoms with Crippen LogP contribution in [0.1, 0.15) is 5.56 Å². The van der Waals surface area contributed by atoms with E-state index in [9.17, 15) is 0 Å². The largest absolute Gasteiger partial charge is 0.497 e. The van der Waals surface area contributed by atoms with Crippen molar-refractivity contribution in [2.45, 2.75) is 10.6 Å². The van der Waals surface area contributed by atoms with Crippen LogP contribution in [0.2, 0.25) is 0 Å². The van der Waals surface area contributed by atoms with E-state index in [0.29, 0.717) is 0 Å². The second-order valence-electron chi connectivity index (χ2n) is 3.75. The van der Waals surface area contributed by atoms with E-state index in [1.54, 1.807) is 23.6 Å². The van der Waals surface area contributed by atoms with Crippen LogP contribution in [0, 0.1) is 0 Å². The number of ether oxygens (including phenoxy) is 1. The van der Waals surface area contributed by atoms with Crippen molar-refractivity contribution in [3.8, 4) is 5.75 Å². The van der Waals surface area contributed by atoms with Crippen molar-refractivity contribution in [3.63, 3.8) is 0 Å². The normalized spacial score (nSPS) is 10.5. The predicted octanol–water partition coefficient (Wildman–Crippen LogP) is 2.30. The Balaban J connectivity index is 2.05. The highest BCUT2D eigenvalue weighted by atomic mass is 32.2. The van der Waals surface area contributed by atoms with Gasteiger partial charge in [-0.05, 0) is 17.7 Å². The van der Waals surface area contributed by atoms with Crippen LogP contribution < -0.4 is 10.5 Å². The lowest BCUT2D eigenvalue weighted by molar-refractivity contribution is 0.414. The Bertz CT molecular complexity index is 510. The molecule has 5 heteroatoms. The summed E-state index contributed by atoms with van der Waals surface area (Å²) in [6, 6.07) is 5.78. The summed E-state index contributed by atoms with van der Waals surface area (Å²) >= 11 is 1.73. The molecule has 0 radical (unpaired) electrons. The maximum atomic E-state index is 5.80. The summed E-state index contributed by atoms with van der Waals surface area (Å²) < 4.78 is 6.98. The molecule has 1 heterocycles. The van der Waals surface area contributed by atoms with Crippen molar-refractivity contribution in [1.29, 1.82) is 0 Å². The van der Waals surface area contributed by atoms with Crippen molar-refractivity contribution in [1.82, 2.24) is 9.78 Å². The number of thioether (sulfide) groups is 1. The molecule has 17 heavy (non-hydrogen) atoms. The number of benzene rings is 1. The predicted molar refractivity (Wildman–Crippen MR) is 70.2 cm³/mol. The quantitative estimate of drug-likeness (QED) is 0.667. The first-order valence-electron chi connectivity index (χ1n) is 5.22. The average Bonchev–Trinajstić information content (AvgIpc) is 2.72. The van der Waals surface area contributed by atoms with Crippen LogP contribution in [-0.4, -0.2) is 16.9 Å². The van der Waals surface area contributed by atoms with Gasteiger partial charge >= 0.3 is 0 Å². The molecule has 1 aromatic carbocycles. The third-order valence-electron chi connectivity index (χ3n) is 2.31. The monoisotopic (exact) mass is 249 g/mol. The van der Waals surface area contributed by atoms with Crippen molar-refractivity contribution in [2.24, 2.45) is 7.05 Å². The van der Waals surface area contributed by atoms with Crippen molar-refractivity contribution >= 4 is 17.4 Å². The molecule has 0 aliphatic heterocycles. The Morgan fingerprint density at radius 1 is 1.41 bits per heavy atom. The van der Waals surface area contributed by atoms with Gasteiger partial charge in [0.05, 0.1) is 13.3 Å². The third kappa shape index (κ3) is 3.17. The molecule has 0 unspecified atom stereocenters. The summed E-state index contributed by atoms with van der Waals surface area (Å²) in [7, 11) is 3.56. The maximum absolute atomic E-state index is 5.80. The molecule has 2 N–H and O–H groups in total. The molecule has 1 aromatic heterocycles. The van der Waals surface area contributed by atoms with E-state index in [1.807, 2.05) is 37.6 Å². The summed E-state index contributed by atoms with van der Waals surface area (Å²) in [5.41, 5.74) is 7.68. The van der Waals surface area contributed by atoms with Gasteiger partial charge in [0.1, 0.15) is 5.75 Å². The van der Waals surface area contributed by atoms with Crippen molar-refractivity contribution in [2.75, 3.05) is 12.8 Å². The van der Waals surface area contributed by atoms with E-state index in [1.165, 1.54) is 0 Å². The number of anilines is 1. The lowest BCUT2D eigenvalue weighted by Crippen LogP contribution is -1.91. The van der Waals surface area contributed by atoms with E-state index < -0.39 is 0 Å². The Kier molecular flexibility index (Phi) is 3.58. The van der Waals surface area contributed by atoms with Crippen LogP contribution in [0.4, 0.5) is 5.69 Å². The number of aryl methyl sites for hydroxylation is 1. The van der Waals surface area contributed by atoms with Gasteiger partial charge in [-0.2, -0.15) is 5.10 Å². The molecule has 2 rings (SSSR count). The van der Waals surface area contributed by atoms with Crippen LogP contribution >= 0.6 is 11.8 Å². The van der Waals surface area contributed by atoms with E-state index >= 15 is 0 Å². The first-order valence-corrected chi connectivity index (χ1v) is 6.21. The highest BCUT2D eigenvalue weighted by molar-refractivity contribution is 7.98. The zero-order valence-corrected chi connectivity index (χ0v) is 10.7. The molecular formula is C12H15N3OS. The maximum Gasteiger partial charge on any atom is 0.121 e. The lowest BCUT2D eigenvalue weighted by Gasteiger charge is -2.05. The van der Waals surface area contributed by atoms with Crippen LogP contribution in [-0.2, 0) is 12.8 Å². The molecule has 0 fully saturated rings. The molecule has 90 valence electrons. The second kappa shape index (κ2) is 5.14. The average molecular weight is 249 g/mol. The fourth-order valence-corrected chi connectivity index (χ4v) is 2.38. The van der Waals surface area contributed by atoms with E-state index in [4.69, 9.17) is 10.5 Å². The highest BCUT2D eigenvalue weighted by Crippen LogP contribution is 2.26. The fraction of sp³-hybridized carbons (Fsp3) is 0.250. The van der Waals surface area contributed by atoms with Gasteiger partial charge in [0.2, 0.25) is 0 Å². The minimum absolute atomic E-state index is 0.728. The highest BCUT2D eigenvalue weighted by Gasteiger charge is 2.02. The van der Waals surface area contributed by atoms with Gasteiger partial charge in [0.15, 0.2) is 0 Å². The number of hydrogen-bond acceptors (Lipinski definition) is 4. The molecule has 0 spiro atoms. The van der Waals surface area contributed by atoms with Crippen molar-refractivity contribution in [3.05, 3.63) is 36.2 Å². The molecular weight excluding hydrogens is 234 g/mol. The molecule has 0 atom stereocenters. The summed E-state index contributed by atoms with van der Waals surface area (Å²) in [6.45, 7) is 0. The van der Waals surface area contributed by atoms with Gasteiger partial charge in [-0.25, -0.2) is 0 Å². The number of aromatic nitrogens is 2. The molecule has 0 saturated carbocycles. The van der Waals surface area contributed by atoms with E-state index in [2.05, 4.69) is 5.10 Å². The molecule has 0 bridgehead atoms.